The Kier molecular flexibility index (Phi) is 3.64. The number of allylic oxidation sites excluding steroid dienone is 4. The van der Waals surface area contributed by atoms with E-state index in [2.05, 4.69) is 19.9 Å². The van der Waals surface area contributed by atoms with Gasteiger partial charge in [-0.1, -0.05) is 32.1 Å². The predicted octanol–water partition coefficient (Wildman–Crippen LogP) is 5.23. The van der Waals surface area contributed by atoms with Crippen LogP contribution in [0.15, 0.2) is 51.5 Å². The molecule has 1 aliphatic carbocycles. The minimum atomic E-state index is -0.338. The van der Waals surface area contributed by atoms with Gasteiger partial charge in [0.1, 0.15) is 0 Å². The van der Waals surface area contributed by atoms with Gasteiger partial charge >= 0.3 is 0 Å². The van der Waals surface area contributed by atoms with Crippen LogP contribution in [0.25, 0.3) is 0 Å². The monoisotopic (exact) mass is 340 g/mol. The molecule has 1 aromatic carbocycles. The second-order valence-corrected chi connectivity index (χ2v) is 8.47. The van der Waals surface area contributed by atoms with Crippen molar-refractivity contribution in [1.82, 2.24) is 0 Å². The Hall–Kier alpha value is -1.88. The summed E-state index contributed by atoms with van der Waals surface area (Å²) in [5.41, 5.74) is 5.23. The number of thioether (sulfide) groups is 1. The number of aliphatic imine (C=N–C) groups is 1. The molecule has 0 saturated carbocycles. The van der Waals surface area contributed by atoms with Crippen LogP contribution in [0, 0.1) is 15.5 Å². The highest BCUT2D eigenvalue weighted by atomic mass is 32.2. The predicted molar refractivity (Wildman–Crippen MR) is 98.5 cm³/mol. The largest absolute Gasteiger partial charge is 0.269 e. The van der Waals surface area contributed by atoms with Crippen LogP contribution >= 0.6 is 11.8 Å². The molecule has 0 N–H and O–H groups in total. The van der Waals surface area contributed by atoms with Gasteiger partial charge < -0.3 is 0 Å². The molecule has 3 aliphatic rings. The van der Waals surface area contributed by atoms with E-state index in [4.69, 9.17) is 4.99 Å². The Morgan fingerprint density at radius 3 is 2.71 bits per heavy atom. The van der Waals surface area contributed by atoms with Crippen LogP contribution in [0.2, 0.25) is 0 Å². The van der Waals surface area contributed by atoms with Gasteiger partial charge in [0.2, 0.25) is 0 Å². The number of fused-ring (bicyclic) bond motifs is 1. The Balaban J connectivity index is 1.83. The van der Waals surface area contributed by atoms with Gasteiger partial charge in [-0.3, -0.25) is 15.1 Å². The fourth-order valence-corrected chi connectivity index (χ4v) is 5.04. The average Bonchev–Trinajstić information content (AvgIpc) is 3.00. The molecule has 0 radical (unpaired) electrons. The zero-order valence-corrected chi connectivity index (χ0v) is 14.7. The van der Waals surface area contributed by atoms with Crippen LogP contribution < -0.4 is 0 Å². The second-order valence-electron chi connectivity index (χ2n) is 7.34. The normalized spacial score (nSPS) is 24.8. The molecule has 2 heterocycles. The van der Waals surface area contributed by atoms with Crippen LogP contribution in [0.4, 0.5) is 5.69 Å². The lowest BCUT2D eigenvalue weighted by Gasteiger charge is -2.35. The van der Waals surface area contributed by atoms with Gasteiger partial charge in [-0.2, -0.15) is 0 Å². The molecule has 1 atom stereocenters. The molecule has 0 spiro atoms. The Morgan fingerprint density at radius 1 is 1.25 bits per heavy atom. The van der Waals surface area contributed by atoms with Crippen LogP contribution in [-0.2, 0) is 0 Å². The Bertz CT molecular complexity index is 803. The number of hydrogen-bond acceptors (Lipinski definition) is 4. The molecule has 0 saturated heterocycles. The van der Waals surface area contributed by atoms with Gasteiger partial charge in [-0.15, -0.1) is 11.8 Å². The number of nitrogens with zero attached hydrogens (tertiary/aromatic N) is 2. The van der Waals surface area contributed by atoms with Gasteiger partial charge in [-0.25, -0.2) is 0 Å². The number of benzene rings is 1. The fourth-order valence-electron chi connectivity index (χ4n) is 3.78. The number of nitro groups is 1. The lowest BCUT2D eigenvalue weighted by Crippen LogP contribution is -2.26. The molecule has 124 valence electrons. The minimum absolute atomic E-state index is 0.148. The molecule has 5 heteroatoms. The lowest BCUT2D eigenvalue weighted by molar-refractivity contribution is -0.384. The third-order valence-corrected chi connectivity index (χ3v) is 6.24. The summed E-state index contributed by atoms with van der Waals surface area (Å²) >= 11 is 1.89. The smallest absolute Gasteiger partial charge is 0.258 e. The first-order chi connectivity index (χ1) is 11.4. The van der Waals surface area contributed by atoms with E-state index in [1.807, 2.05) is 23.9 Å². The molecular formula is C19H20N2O2S. The number of rotatable bonds is 2. The van der Waals surface area contributed by atoms with E-state index in [-0.39, 0.29) is 21.9 Å². The summed E-state index contributed by atoms with van der Waals surface area (Å²) in [5.74, 6) is 1.28. The highest BCUT2D eigenvalue weighted by molar-refractivity contribution is 8.03. The SMILES string of the molecule is CC1(C)C=C2C(=NC3=C(SCC3)C2c2ccc([N+](=O)[O-])cc2)CC1. The van der Waals surface area contributed by atoms with Crippen molar-refractivity contribution in [2.24, 2.45) is 10.4 Å². The number of non-ortho nitro benzene ring substituents is 1. The summed E-state index contributed by atoms with van der Waals surface area (Å²) in [6, 6.07) is 7.07. The van der Waals surface area contributed by atoms with Crippen LogP contribution in [0.1, 0.15) is 44.6 Å². The average molecular weight is 340 g/mol. The van der Waals surface area contributed by atoms with Crippen LogP contribution in [0.3, 0.4) is 0 Å². The summed E-state index contributed by atoms with van der Waals surface area (Å²) in [7, 11) is 0. The van der Waals surface area contributed by atoms with Crippen molar-refractivity contribution in [2.45, 2.75) is 39.0 Å². The summed E-state index contributed by atoms with van der Waals surface area (Å²) in [4.78, 5) is 16.9. The van der Waals surface area contributed by atoms with Gasteiger partial charge in [-0.05, 0) is 35.8 Å². The van der Waals surface area contributed by atoms with Gasteiger partial charge in [0.05, 0.1) is 10.6 Å². The Morgan fingerprint density at radius 2 is 2.00 bits per heavy atom. The molecule has 0 bridgehead atoms. The molecule has 0 fully saturated rings. The Labute approximate surface area is 145 Å². The van der Waals surface area contributed by atoms with E-state index in [1.54, 1.807) is 12.1 Å². The molecule has 0 aromatic heterocycles. The van der Waals surface area contributed by atoms with Crippen LogP contribution in [0.5, 0.6) is 0 Å². The van der Waals surface area contributed by atoms with Crippen molar-refractivity contribution in [1.29, 1.82) is 0 Å². The summed E-state index contributed by atoms with van der Waals surface area (Å²) < 4.78 is 0. The third kappa shape index (κ3) is 2.61. The maximum Gasteiger partial charge on any atom is 0.269 e. The zero-order valence-electron chi connectivity index (χ0n) is 13.9. The fraction of sp³-hybridized carbons (Fsp3) is 0.421. The van der Waals surface area contributed by atoms with Crippen molar-refractivity contribution >= 4 is 23.2 Å². The summed E-state index contributed by atoms with van der Waals surface area (Å²) in [6.07, 6.45) is 5.55. The minimum Gasteiger partial charge on any atom is -0.258 e. The van der Waals surface area contributed by atoms with Gasteiger partial charge in [0.15, 0.2) is 0 Å². The lowest BCUT2D eigenvalue weighted by atomic mass is 9.72. The molecule has 1 aromatic rings. The highest BCUT2D eigenvalue weighted by Crippen LogP contribution is 2.51. The molecule has 4 rings (SSSR count). The van der Waals surface area contributed by atoms with E-state index < -0.39 is 0 Å². The molecule has 1 unspecified atom stereocenters. The van der Waals surface area contributed by atoms with Crippen molar-refractivity contribution in [3.8, 4) is 0 Å². The van der Waals surface area contributed by atoms with Crippen molar-refractivity contribution in [3.05, 3.63) is 62.2 Å². The standard InChI is InChI=1S/C19H20N2O2S/c1-19(2)9-7-15-14(11-19)17(18-16(20-15)8-10-24-18)12-3-5-13(6-4-12)21(22)23/h3-6,11,17H,7-10H2,1-2H3. The first kappa shape index (κ1) is 15.6. The molecule has 4 nitrogen and oxygen atoms in total. The molecular weight excluding hydrogens is 320 g/mol. The van der Waals surface area contributed by atoms with E-state index >= 15 is 0 Å². The first-order valence-electron chi connectivity index (χ1n) is 8.35. The maximum absolute atomic E-state index is 10.9. The van der Waals surface area contributed by atoms with Crippen LogP contribution in [-0.4, -0.2) is 16.4 Å². The maximum atomic E-state index is 10.9. The number of hydrogen-bond donors (Lipinski definition) is 0. The topological polar surface area (TPSA) is 55.5 Å². The quantitative estimate of drug-likeness (QED) is 0.547. The summed E-state index contributed by atoms with van der Waals surface area (Å²) in [6.45, 7) is 4.55. The molecule has 24 heavy (non-hydrogen) atoms. The van der Waals surface area contributed by atoms with Gasteiger partial charge in [0.25, 0.3) is 5.69 Å². The molecule has 2 aliphatic heterocycles. The van der Waals surface area contributed by atoms with Crippen molar-refractivity contribution in [3.63, 3.8) is 0 Å². The van der Waals surface area contributed by atoms with E-state index in [9.17, 15) is 10.1 Å². The van der Waals surface area contributed by atoms with Crippen molar-refractivity contribution < 1.29 is 4.92 Å². The summed E-state index contributed by atoms with van der Waals surface area (Å²) in [5, 5.41) is 10.9. The molecule has 0 amide bonds. The van der Waals surface area contributed by atoms with E-state index in [0.29, 0.717) is 0 Å². The van der Waals surface area contributed by atoms with Gasteiger partial charge in [0, 0.05) is 34.4 Å². The third-order valence-electron chi connectivity index (χ3n) is 5.05. The van der Waals surface area contributed by atoms with Crippen molar-refractivity contribution in [2.75, 3.05) is 5.75 Å². The number of nitro benzene ring substituents is 1. The highest BCUT2D eigenvalue weighted by Gasteiger charge is 2.37. The van der Waals surface area contributed by atoms with E-state index in [0.717, 1.165) is 30.6 Å². The zero-order chi connectivity index (χ0) is 16.9. The second kappa shape index (κ2) is 5.59. The van der Waals surface area contributed by atoms with E-state index in [1.165, 1.54) is 21.9 Å². The first-order valence-corrected chi connectivity index (χ1v) is 9.34.